The molecule has 3 amide bonds. The molecule has 4 N–H and O–H groups in total. The molecule has 0 aliphatic rings. The van der Waals surface area contributed by atoms with Gasteiger partial charge in [-0.2, -0.15) is 0 Å². The largest absolute Gasteiger partial charge is 0.348 e. The van der Waals surface area contributed by atoms with Gasteiger partial charge in [0.05, 0.1) is 6.04 Å². The van der Waals surface area contributed by atoms with Crippen molar-refractivity contribution in [3.05, 3.63) is 89.7 Å². The van der Waals surface area contributed by atoms with Crippen LogP contribution in [0.1, 0.15) is 69.7 Å². The van der Waals surface area contributed by atoms with E-state index in [1.54, 1.807) is 23.9 Å². The quantitative estimate of drug-likeness (QED) is 0.178. The van der Waals surface area contributed by atoms with Crippen LogP contribution in [0.5, 0.6) is 0 Å². The molecule has 0 aliphatic heterocycles. The van der Waals surface area contributed by atoms with E-state index >= 15 is 0 Å². The van der Waals surface area contributed by atoms with Crippen LogP contribution in [0.3, 0.4) is 0 Å². The van der Waals surface area contributed by atoms with E-state index < -0.39 is 29.2 Å². The number of amides is 3. The SMILES string of the molecule is Cc1cc(CCC[C@H](CC(=O)NO)C(=O)N[C@H](C(=O)NC(C)c2cccnc2)C(C)(C)C)ccc1-c1ccccc1. The van der Waals surface area contributed by atoms with Crippen molar-refractivity contribution in [3.8, 4) is 11.1 Å². The van der Waals surface area contributed by atoms with Crippen LogP contribution in [0.4, 0.5) is 0 Å². The molecule has 1 unspecified atom stereocenters. The molecule has 0 aliphatic carbocycles. The van der Waals surface area contributed by atoms with Crippen LogP contribution in [0.15, 0.2) is 73.1 Å². The molecular weight excluding hydrogens is 516 g/mol. The molecule has 0 fully saturated rings. The Labute approximate surface area is 242 Å². The third-order valence-electron chi connectivity index (χ3n) is 7.28. The Bertz CT molecular complexity index is 1310. The molecule has 0 spiro atoms. The predicted octanol–water partition coefficient (Wildman–Crippen LogP) is 5.30. The van der Waals surface area contributed by atoms with Crippen LogP contribution in [-0.4, -0.2) is 34.0 Å². The Morgan fingerprint density at radius 2 is 1.68 bits per heavy atom. The molecule has 0 saturated heterocycles. The number of aromatic nitrogens is 1. The zero-order valence-corrected chi connectivity index (χ0v) is 24.6. The fraction of sp³-hybridized carbons (Fsp3) is 0.394. The summed E-state index contributed by atoms with van der Waals surface area (Å²) in [6, 6.07) is 19.1. The van der Waals surface area contributed by atoms with Crippen molar-refractivity contribution in [2.75, 3.05) is 0 Å². The number of nitrogens with one attached hydrogen (secondary N) is 3. The summed E-state index contributed by atoms with van der Waals surface area (Å²) in [6.07, 6.45) is 4.98. The Morgan fingerprint density at radius 1 is 0.951 bits per heavy atom. The lowest BCUT2D eigenvalue weighted by Gasteiger charge is -2.32. The van der Waals surface area contributed by atoms with E-state index in [9.17, 15) is 14.4 Å². The first kappa shape index (κ1) is 31.5. The fourth-order valence-corrected chi connectivity index (χ4v) is 4.92. The van der Waals surface area contributed by atoms with E-state index in [0.717, 1.165) is 23.1 Å². The van der Waals surface area contributed by atoms with Crippen LogP contribution in [0.25, 0.3) is 11.1 Å². The average Bonchev–Trinajstić information content (AvgIpc) is 2.95. The van der Waals surface area contributed by atoms with Gasteiger partial charge in [-0.3, -0.25) is 24.6 Å². The van der Waals surface area contributed by atoms with Crippen LogP contribution in [0.2, 0.25) is 0 Å². The maximum atomic E-state index is 13.4. The molecule has 1 aromatic heterocycles. The summed E-state index contributed by atoms with van der Waals surface area (Å²) < 4.78 is 0. The highest BCUT2D eigenvalue weighted by atomic mass is 16.5. The highest BCUT2D eigenvalue weighted by Gasteiger charge is 2.35. The van der Waals surface area contributed by atoms with Crippen molar-refractivity contribution < 1.29 is 19.6 Å². The molecule has 3 aromatic rings. The van der Waals surface area contributed by atoms with Crippen LogP contribution in [-0.2, 0) is 20.8 Å². The smallest absolute Gasteiger partial charge is 0.244 e. The third kappa shape index (κ3) is 9.25. The van der Waals surface area contributed by atoms with E-state index in [1.807, 2.05) is 52.0 Å². The molecule has 218 valence electrons. The van der Waals surface area contributed by atoms with Gasteiger partial charge in [-0.25, -0.2) is 5.48 Å². The minimum Gasteiger partial charge on any atom is -0.348 e. The average molecular weight is 559 g/mol. The number of aryl methyl sites for hydroxylation is 2. The van der Waals surface area contributed by atoms with Crippen LogP contribution >= 0.6 is 0 Å². The minimum atomic E-state index is -0.831. The highest BCUT2D eigenvalue weighted by molar-refractivity contribution is 5.91. The lowest BCUT2D eigenvalue weighted by atomic mass is 9.85. The lowest BCUT2D eigenvalue weighted by Crippen LogP contribution is -2.55. The summed E-state index contributed by atoms with van der Waals surface area (Å²) in [4.78, 5) is 42.9. The second-order valence-electron chi connectivity index (χ2n) is 11.7. The first-order valence-electron chi connectivity index (χ1n) is 14.1. The molecule has 3 rings (SSSR count). The number of carbonyl (C=O) groups excluding carboxylic acids is 3. The van der Waals surface area contributed by atoms with E-state index in [1.165, 1.54) is 11.1 Å². The van der Waals surface area contributed by atoms with Gasteiger partial charge < -0.3 is 10.6 Å². The number of nitrogens with zero attached hydrogens (tertiary/aromatic N) is 1. The minimum absolute atomic E-state index is 0.182. The topological polar surface area (TPSA) is 120 Å². The van der Waals surface area contributed by atoms with Gasteiger partial charge in [-0.05, 0) is 72.4 Å². The predicted molar refractivity (Wildman–Crippen MR) is 160 cm³/mol. The first-order chi connectivity index (χ1) is 19.5. The number of hydrogen-bond acceptors (Lipinski definition) is 5. The van der Waals surface area contributed by atoms with Crippen molar-refractivity contribution in [2.24, 2.45) is 11.3 Å². The standard InChI is InChI=1S/C33H42N4O4/c1-22-19-24(16-17-28(22)25-12-7-6-8-13-25)11-9-14-26(20-29(38)37-41)31(39)36-30(33(3,4)5)32(40)35-23(2)27-15-10-18-34-21-27/h6-8,10,12-13,15-19,21,23,26,30,41H,9,11,14,20H2,1-5H3,(H,35,40)(H,36,39)(H,37,38)/t23?,26-,30-/m1/s1. The van der Waals surface area contributed by atoms with E-state index in [-0.39, 0.29) is 18.4 Å². The van der Waals surface area contributed by atoms with Gasteiger partial charge in [0.1, 0.15) is 6.04 Å². The van der Waals surface area contributed by atoms with Gasteiger partial charge in [-0.15, -0.1) is 0 Å². The van der Waals surface area contributed by atoms with Gasteiger partial charge in [0.2, 0.25) is 17.7 Å². The molecule has 3 atom stereocenters. The maximum Gasteiger partial charge on any atom is 0.244 e. The highest BCUT2D eigenvalue weighted by Crippen LogP contribution is 2.26. The van der Waals surface area contributed by atoms with Crippen molar-refractivity contribution in [1.29, 1.82) is 0 Å². The van der Waals surface area contributed by atoms with E-state index in [2.05, 4.69) is 52.9 Å². The summed E-state index contributed by atoms with van der Waals surface area (Å²) >= 11 is 0. The summed E-state index contributed by atoms with van der Waals surface area (Å²) in [6.45, 7) is 9.58. The number of hydrogen-bond donors (Lipinski definition) is 4. The number of pyridine rings is 1. The van der Waals surface area contributed by atoms with Gasteiger partial charge in [-0.1, -0.05) is 75.4 Å². The summed E-state index contributed by atoms with van der Waals surface area (Å²) in [5.41, 5.74) is 6.55. The van der Waals surface area contributed by atoms with Crippen LogP contribution < -0.4 is 16.1 Å². The van der Waals surface area contributed by atoms with Gasteiger partial charge in [0.15, 0.2) is 0 Å². The van der Waals surface area contributed by atoms with Crippen LogP contribution in [0, 0.1) is 18.3 Å². The molecule has 8 heteroatoms. The number of hydroxylamine groups is 1. The Morgan fingerprint density at radius 3 is 2.29 bits per heavy atom. The molecule has 0 radical (unpaired) electrons. The Hall–Kier alpha value is -4.04. The Kier molecular flexibility index (Phi) is 11.2. The van der Waals surface area contributed by atoms with E-state index in [0.29, 0.717) is 12.8 Å². The Balaban J connectivity index is 1.67. The zero-order chi connectivity index (χ0) is 30.0. The number of rotatable bonds is 12. The van der Waals surface area contributed by atoms with Crippen molar-refractivity contribution in [2.45, 2.75) is 72.4 Å². The maximum absolute atomic E-state index is 13.4. The van der Waals surface area contributed by atoms with Gasteiger partial charge >= 0.3 is 0 Å². The molecule has 2 aromatic carbocycles. The molecule has 0 bridgehead atoms. The van der Waals surface area contributed by atoms with E-state index in [4.69, 9.17) is 5.21 Å². The molecular formula is C33H42N4O4. The molecule has 1 heterocycles. The van der Waals surface area contributed by atoms with Gasteiger partial charge in [0.25, 0.3) is 0 Å². The third-order valence-corrected chi connectivity index (χ3v) is 7.28. The first-order valence-corrected chi connectivity index (χ1v) is 14.1. The lowest BCUT2D eigenvalue weighted by molar-refractivity contribution is -0.137. The summed E-state index contributed by atoms with van der Waals surface area (Å²) in [5, 5.41) is 15.0. The fourth-order valence-electron chi connectivity index (χ4n) is 4.92. The summed E-state index contributed by atoms with van der Waals surface area (Å²) in [7, 11) is 0. The van der Waals surface area contributed by atoms with Crippen molar-refractivity contribution in [1.82, 2.24) is 21.1 Å². The second-order valence-corrected chi connectivity index (χ2v) is 11.7. The second kappa shape index (κ2) is 14.6. The number of benzene rings is 2. The summed E-state index contributed by atoms with van der Waals surface area (Å²) in [5.74, 6) is -2.06. The zero-order valence-electron chi connectivity index (χ0n) is 24.6. The van der Waals surface area contributed by atoms with Crippen molar-refractivity contribution >= 4 is 17.7 Å². The monoisotopic (exact) mass is 558 g/mol. The number of carbonyl (C=O) groups is 3. The molecule has 8 nitrogen and oxygen atoms in total. The molecule has 0 saturated carbocycles. The normalized spacial score (nSPS) is 13.5. The molecule has 41 heavy (non-hydrogen) atoms. The van der Waals surface area contributed by atoms with Crippen molar-refractivity contribution in [3.63, 3.8) is 0 Å². The van der Waals surface area contributed by atoms with Gasteiger partial charge in [0, 0.05) is 24.7 Å².